The van der Waals surface area contributed by atoms with Gasteiger partial charge in [-0.15, -0.1) is 0 Å². The highest BCUT2D eigenvalue weighted by atomic mass is 16.5. The Morgan fingerprint density at radius 1 is 1.50 bits per heavy atom. The third kappa shape index (κ3) is 1.97. The zero-order chi connectivity index (χ0) is 12.5. The van der Waals surface area contributed by atoms with Crippen molar-refractivity contribution in [1.29, 1.82) is 0 Å². The number of hydrogen-bond acceptors (Lipinski definition) is 5. The van der Waals surface area contributed by atoms with Crippen molar-refractivity contribution in [2.24, 2.45) is 0 Å². The van der Waals surface area contributed by atoms with Gasteiger partial charge in [-0.25, -0.2) is 19.3 Å². The van der Waals surface area contributed by atoms with Gasteiger partial charge in [-0.3, -0.25) is 0 Å². The highest BCUT2D eigenvalue weighted by Crippen LogP contribution is 2.14. The summed E-state index contributed by atoms with van der Waals surface area (Å²) >= 11 is 0. The van der Waals surface area contributed by atoms with Crippen LogP contribution in [-0.2, 0) is 4.74 Å². The first kappa shape index (κ1) is 11.2. The molecule has 0 radical (unpaired) electrons. The summed E-state index contributed by atoms with van der Waals surface area (Å²) in [4.78, 5) is 15.8. The van der Waals surface area contributed by atoms with Crippen LogP contribution in [0, 0.1) is 6.92 Å². The molecule has 3 heterocycles. The molecule has 96 valence electrons. The fourth-order valence-electron chi connectivity index (χ4n) is 2.22. The summed E-state index contributed by atoms with van der Waals surface area (Å²) in [5.41, 5.74) is 0.328. The van der Waals surface area contributed by atoms with Gasteiger partial charge in [0.25, 0.3) is 0 Å². The average Bonchev–Trinajstić information content (AvgIpc) is 2.72. The van der Waals surface area contributed by atoms with Crippen molar-refractivity contribution in [3.05, 3.63) is 22.4 Å². The molecule has 2 aromatic heterocycles. The molecule has 0 aliphatic carbocycles. The highest BCUT2D eigenvalue weighted by Gasteiger charge is 2.15. The van der Waals surface area contributed by atoms with Crippen LogP contribution in [0.4, 0.5) is 5.82 Å². The average molecular weight is 249 g/mol. The molecule has 0 atom stereocenters. The molecule has 7 heteroatoms. The number of H-pyrrole nitrogens is 1. The van der Waals surface area contributed by atoms with E-state index in [1.54, 1.807) is 13.0 Å². The zero-order valence-electron chi connectivity index (χ0n) is 10.1. The molecule has 1 aliphatic heterocycles. The lowest BCUT2D eigenvalue weighted by Crippen LogP contribution is -2.28. The number of rotatable bonds is 2. The van der Waals surface area contributed by atoms with E-state index in [2.05, 4.69) is 20.5 Å². The van der Waals surface area contributed by atoms with E-state index in [-0.39, 0.29) is 5.69 Å². The molecule has 3 rings (SSSR count). The fourth-order valence-corrected chi connectivity index (χ4v) is 2.22. The summed E-state index contributed by atoms with van der Waals surface area (Å²) < 4.78 is 6.77. The number of hydrogen-bond donors (Lipinski definition) is 2. The molecule has 0 saturated carbocycles. The van der Waals surface area contributed by atoms with Crippen molar-refractivity contribution in [3.8, 4) is 0 Å². The molecule has 0 unspecified atom stereocenters. The van der Waals surface area contributed by atoms with E-state index in [0.717, 1.165) is 31.9 Å². The summed E-state index contributed by atoms with van der Waals surface area (Å²) in [7, 11) is 0. The van der Waals surface area contributed by atoms with Crippen molar-refractivity contribution in [2.45, 2.75) is 25.8 Å². The number of aryl methyl sites for hydroxylation is 1. The van der Waals surface area contributed by atoms with E-state index < -0.39 is 0 Å². The second-order valence-electron chi connectivity index (χ2n) is 4.44. The number of ether oxygens (including phenoxy) is 1. The van der Waals surface area contributed by atoms with Crippen LogP contribution in [0.5, 0.6) is 0 Å². The summed E-state index contributed by atoms with van der Waals surface area (Å²) in [5.74, 6) is 1.38. The smallest absolute Gasteiger partial charge is 0.349 e. The standard InChI is InChI=1S/C11H15N5O2/c1-7-12-9(13-8-2-4-18-5-3-8)6-10-14-15-11(17)16(7)10/h6,8,13H,2-5H2,1H3,(H,15,17). The molecule has 0 amide bonds. The Hall–Kier alpha value is -1.89. The Morgan fingerprint density at radius 2 is 2.28 bits per heavy atom. The zero-order valence-corrected chi connectivity index (χ0v) is 10.1. The second kappa shape index (κ2) is 4.41. The van der Waals surface area contributed by atoms with Crippen molar-refractivity contribution in [1.82, 2.24) is 19.6 Å². The highest BCUT2D eigenvalue weighted by molar-refractivity contribution is 5.50. The Labute approximate surface area is 103 Å². The van der Waals surface area contributed by atoms with Gasteiger partial charge in [-0.05, 0) is 19.8 Å². The summed E-state index contributed by atoms with van der Waals surface area (Å²) in [6, 6.07) is 2.15. The maximum Gasteiger partial charge on any atom is 0.349 e. The molecule has 2 N–H and O–H groups in total. The number of anilines is 1. The molecule has 0 bridgehead atoms. The molecule has 1 aliphatic rings. The first-order valence-corrected chi connectivity index (χ1v) is 6.03. The largest absolute Gasteiger partial charge is 0.381 e. The van der Waals surface area contributed by atoms with Crippen molar-refractivity contribution in [2.75, 3.05) is 18.5 Å². The predicted molar refractivity (Wildman–Crippen MR) is 65.8 cm³/mol. The molecule has 0 spiro atoms. The van der Waals surface area contributed by atoms with Crippen LogP contribution in [0.15, 0.2) is 10.9 Å². The maximum absolute atomic E-state index is 11.5. The van der Waals surface area contributed by atoms with Gasteiger partial charge in [-0.1, -0.05) is 0 Å². The van der Waals surface area contributed by atoms with Crippen molar-refractivity contribution < 1.29 is 4.74 Å². The lowest BCUT2D eigenvalue weighted by molar-refractivity contribution is 0.0904. The van der Waals surface area contributed by atoms with Gasteiger partial charge >= 0.3 is 5.69 Å². The minimum atomic E-state index is -0.257. The number of aromatic nitrogens is 4. The van der Waals surface area contributed by atoms with E-state index >= 15 is 0 Å². The van der Waals surface area contributed by atoms with Gasteiger partial charge in [0.1, 0.15) is 11.6 Å². The van der Waals surface area contributed by atoms with Gasteiger partial charge in [0.2, 0.25) is 0 Å². The molecule has 1 saturated heterocycles. The molecule has 2 aromatic rings. The van der Waals surface area contributed by atoms with Gasteiger partial charge < -0.3 is 10.1 Å². The maximum atomic E-state index is 11.5. The third-order valence-corrected chi connectivity index (χ3v) is 3.14. The van der Waals surface area contributed by atoms with Crippen molar-refractivity contribution >= 4 is 11.5 Å². The van der Waals surface area contributed by atoms with E-state index in [4.69, 9.17) is 4.74 Å². The minimum Gasteiger partial charge on any atom is -0.381 e. The molecule has 7 nitrogen and oxygen atoms in total. The molecule has 18 heavy (non-hydrogen) atoms. The normalized spacial score (nSPS) is 17.2. The second-order valence-corrected chi connectivity index (χ2v) is 4.44. The first-order chi connectivity index (χ1) is 8.74. The Kier molecular flexibility index (Phi) is 2.75. The lowest BCUT2D eigenvalue weighted by atomic mass is 10.1. The molecular formula is C11H15N5O2. The van der Waals surface area contributed by atoms with Crippen LogP contribution in [0.3, 0.4) is 0 Å². The van der Waals surface area contributed by atoms with Crippen LogP contribution >= 0.6 is 0 Å². The molecular weight excluding hydrogens is 234 g/mol. The third-order valence-electron chi connectivity index (χ3n) is 3.14. The van der Waals surface area contributed by atoms with E-state index in [0.29, 0.717) is 17.5 Å². The summed E-state index contributed by atoms with van der Waals surface area (Å²) in [6.45, 7) is 3.35. The van der Waals surface area contributed by atoms with Crippen LogP contribution in [0.25, 0.3) is 5.65 Å². The summed E-state index contributed by atoms with van der Waals surface area (Å²) in [5, 5.41) is 9.73. The van der Waals surface area contributed by atoms with Gasteiger partial charge in [-0.2, -0.15) is 5.10 Å². The SMILES string of the molecule is Cc1nc(NC2CCOCC2)cc2n[nH]c(=O)n12. The number of aromatic amines is 1. The summed E-state index contributed by atoms with van der Waals surface area (Å²) in [6.07, 6.45) is 1.94. The predicted octanol–water partition coefficient (Wildman–Crippen LogP) is 0.317. The topological polar surface area (TPSA) is 84.3 Å². The number of nitrogens with zero attached hydrogens (tertiary/aromatic N) is 3. The quantitative estimate of drug-likeness (QED) is 0.800. The Morgan fingerprint density at radius 3 is 3.06 bits per heavy atom. The molecule has 0 aromatic carbocycles. The van der Waals surface area contributed by atoms with E-state index in [9.17, 15) is 4.79 Å². The monoisotopic (exact) mass is 249 g/mol. The lowest BCUT2D eigenvalue weighted by Gasteiger charge is -2.23. The number of nitrogens with one attached hydrogen (secondary N) is 2. The van der Waals surface area contributed by atoms with E-state index in [1.165, 1.54) is 4.40 Å². The van der Waals surface area contributed by atoms with Gasteiger partial charge in [0.05, 0.1) is 0 Å². The first-order valence-electron chi connectivity index (χ1n) is 6.03. The Bertz CT molecular complexity index is 611. The minimum absolute atomic E-state index is 0.257. The van der Waals surface area contributed by atoms with Crippen LogP contribution < -0.4 is 11.0 Å². The van der Waals surface area contributed by atoms with Gasteiger partial charge in [0.15, 0.2) is 5.65 Å². The van der Waals surface area contributed by atoms with Gasteiger partial charge in [0, 0.05) is 25.3 Å². The van der Waals surface area contributed by atoms with Crippen LogP contribution in [0.2, 0.25) is 0 Å². The van der Waals surface area contributed by atoms with Crippen molar-refractivity contribution in [3.63, 3.8) is 0 Å². The number of fused-ring (bicyclic) bond motifs is 1. The van der Waals surface area contributed by atoms with Crippen LogP contribution in [0.1, 0.15) is 18.7 Å². The van der Waals surface area contributed by atoms with Crippen LogP contribution in [-0.4, -0.2) is 38.8 Å². The Balaban J connectivity index is 1.90. The van der Waals surface area contributed by atoms with E-state index in [1.807, 2.05) is 0 Å². The fraction of sp³-hybridized carbons (Fsp3) is 0.545. The molecule has 1 fully saturated rings.